The lowest BCUT2D eigenvalue weighted by Gasteiger charge is -2.38. The molecule has 0 N–H and O–H groups in total. The van der Waals surface area contributed by atoms with E-state index in [0.29, 0.717) is 17.8 Å². The molecular weight excluding hydrogens is 200 g/mol. The summed E-state index contributed by atoms with van der Waals surface area (Å²) < 4.78 is 0. The summed E-state index contributed by atoms with van der Waals surface area (Å²) >= 11 is 0. The first-order valence-corrected chi connectivity index (χ1v) is 6.26. The van der Waals surface area contributed by atoms with Crippen LogP contribution in [0.5, 0.6) is 0 Å². The van der Waals surface area contributed by atoms with Crippen LogP contribution >= 0.6 is 0 Å². The number of Topliss-reactive ketones (excluding diaryl/α,β-unsaturated/α-hetero) is 1. The molecule has 2 rings (SSSR count). The van der Waals surface area contributed by atoms with Gasteiger partial charge in [-0.15, -0.1) is 0 Å². The first kappa shape index (κ1) is 11.5. The Morgan fingerprint density at radius 2 is 2.25 bits per heavy atom. The van der Waals surface area contributed by atoms with Gasteiger partial charge < -0.3 is 5.53 Å². The highest BCUT2D eigenvalue weighted by Crippen LogP contribution is 2.60. The van der Waals surface area contributed by atoms with Gasteiger partial charge in [0.05, 0.1) is 0 Å². The van der Waals surface area contributed by atoms with E-state index in [-0.39, 0.29) is 5.78 Å². The van der Waals surface area contributed by atoms with E-state index in [4.69, 9.17) is 5.53 Å². The third-order valence-corrected chi connectivity index (χ3v) is 4.95. The lowest BCUT2D eigenvalue weighted by atomic mass is 9.67. The Bertz CT molecular complexity index is 342. The number of ketones is 1. The van der Waals surface area contributed by atoms with Gasteiger partial charge in [0.15, 0.2) is 0 Å². The molecule has 2 fully saturated rings. The molecule has 0 radical (unpaired) electrons. The summed E-state index contributed by atoms with van der Waals surface area (Å²) in [5.41, 5.74) is 8.69. The van der Waals surface area contributed by atoms with Gasteiger partial charge in [-0.3, -0.25) is 4.79 Å². The maximum atomic E-state index is 11.3. The van der Waals surface area contributed by atoms with Crippen LogP contribution in [0.4, 0.5) is 0 Å². The molecule has 0 aromatic carbocycles. The van der Waals surface area contributed by atoms with E-state index < -0.39 is 0 Å². The fraction of sp³-hybridized carbons (Fsp3) is 0.846. The lowest BCUT2D eigenvalue weighted by Crippen LogP contribution is -2.31. The summed E-state index contributed by atoms with van der Waals surface area (Å²) in [7, 11) is 0. The highest BCUT2D eigenvalue weighted by atomic mass is 16.1. The summed E-state index contributed by atoms with van der Waals surface area (Å²) in [5.74, 6) is 2.33. The highest BCUT2D eigenvalue weighted by molar-refractivity contribution is 6.25. The smallest absolute Gasteiger partial charge is 0.323 e. The standard InChI is InChI=1S/C13H20N2O/c1-13(2)10-4-3-9(7-10)12(13)6-5-11(16)8-15-14/h8-10,12H,3-7H2,1-2H3/t9-,10+,12-/m1/s1. The Kier molecular flexibility index (Phi) is 2.98. The fourth-order valence-corrected chi connectivity index (χ4v) is 4.00. The summed E-state index contributed by atoms with van der Waals surface area (Å²) in [6.45, 7) is 4.71. The van der Waals surface area contributed by atoms with Crippen LogP contribution in [-0.2, 0) is 4.79 Å². The van der Waals surface area contributed by atoms with Gasteiger partial charge in [-0.05, 0) is 48.9 Å². The molecule has 16 heavy (non-hydrogen) atoms. The Labute approximate surface area is 96.9 Å². The van der Waals surface area contributed by atoms with Crippen molar-refractivity contribution in [2.75, 3.05) is 0 Å². The average Bonchev–Trinajstić information content (AvgIpc) is 2.74. The third-order valence-electron chi connectivity index (χ3n) is 4.95. The Balaban J connectivity index is 1.95. The number of rotatable bonds is 4. The molecule has 2 saturated carbocycles. The van der Waals surface area contributed by atoms with Crippen LogP contribution < -0.4 is 0 Å². The van der Waals surface area contributed by atoms with Crippen LogP contribution in [-0.4, -0.2) is 16.8 Å². The summed E-state index contributed by atoms with van der Waals surface area (Å²) in [5, 5.41) is 0. The minimum atomic E-state index is -0.0546. The van der Waals surface area contributed by atoms with Gasteiger partial charge in [-0.25, -0.2) is 0 Å². The second-order valence-electron chi connectivity index (χ2n) is 5.95. The van der Waals surface area contributed by atoms with Crippen LogP contribution in [0.15, 0.2) is 0 Å². The lowest BCUT2D eigenvalue weighted by molar-refractivity contribution is -0.116. The number of hydrogen-bond donors (Lipinski definition) is 0. The van der Waals surface area contributed by atoms with Crippen molar-refractivity contribution >= 4 is 12.0 Å². The Hall–Kier alpha value is -0.950. The normalized spacial score (nSPS) is 34.8. The van der Waals surface area contributed by atoms with Gasteiger partial charge in [-0.1, -0.05) is 13.8 Å². The van der Waals surface area contributed by atoms with E-state index in [0.717, 1.165) is 24.5 Å². The number of fused-ring (bicyclic) bond motifs is 2. The zero-order valence-electron chi connectivity index (χ0n) is 10.1. The molecule has 0 aliphatic heterocycles. The molecule has 0 heterocycles. The first-order valence-electron chi connectivity index (χ1n) is 6.26. The van der Waals surface area contributed by atoms with E-state index >= 15 is 0 Å². The second-order valence-corrected chi connectivity index (χ2v) is 5.95. The molecule has 2 aliphatic rings. The van der Waals surface area contributed by atoms with Gasteiger partial charge in [0.2, 0.25) is 5.78 Å². The maximum absolute atomic E-state index is 11.3. The van der Waals surface area contributed by atoms with E-state index in [1.807, 2.05) is 0 Å². The molecular formula is C13H20N2O. The number of nitrogens with zero attached hydrogens (tertiary/aromatic N) is 2. The van der Waals surface area contributed by atoms with Crippen molar-refractivity contribution in [3.05, 3.63) is 5.53 Å². The first-order chi connectivity index (χ1) is 7.55. The Morgan fingerprint density at radius 1 is 1.50 bits per heavy atom. The Morgan fingerprint density at radius 3 is 2.81 bits per heavy atom. The largest absolute Gasteiger partial charge is 0.361 e. The summed E-state index contributed by atoms with van der Waals surface area (Å²) in [4.78, 5) is 14.1. The molecule has 3 nitrogen and oxygen atoms in total. The van der Waals surface area contributed by atoms with Crippen molar-refractivity contribution < 1.29 is 9.58 Å². The van der Waals surface area contributed by atoms with Crippen molar-refractivity contribution in [3.63, 3.8) is 0 Å². The average molecular weight is 220 g/mol. The predicted octanol–water partition coefficient (Wildman–Crippen LogP) is 2.71. The van der Waals surface area contributed by atoms with E-state index in [1.165, 1.54) is 19.3 Å². The number of carbonyl (C=O) groups is 1. The molecule has 0 aromatic heterocycles. The van der Waals surface area contributed by atoms with Gasteiger partial charge in [0.1, 0.15) is 0 Å². The molecule has 0 spiro atoms. The SMILES string of the molecule is CC1(C)[C@H]2CC[C@H](C2)[C@H]1CCC(=O)C=[N+]=[N-]. The molecule has 3 atom stereocenters. The predicted molar refractivity (Wildman–Crippen MR) is 62.0 cm³/mol. The zero-order chi connectivity index (χ0) is 11.8. The van der Waals surface area contributed by atoms with Crippen molar-refractivity contribution in [3.8, 4) is 0 Å². The molecule has 2 aliphatic carbocycles. The monoisotopic (exact) mass is 220 g/mol. The maximum Gasteiger partial charge on any atom is 0.323 e. The van der Waals surface area contributed by atoms with Crippen LogP contribution in [0.25, 0.3) is 5.53 Å². The van der Waals surface area contributed by atoms with Gasteiger partial charge in [0.25, 0.3) is 0 Å². The van der Waals surface area contributed by atoms with Crippen molar-refractivity contribution in [1.82, 2.24) is 0 Å². The molecule has 0 saturated heterocycles. The highest BCUT2D eigenvalue weighted by Gasteiger charge is 2.51. The van der Waals surface area contributed by atoms with Gasteiger partial charge >= 0.3 is 6.21 Å². The van der Waals surface area contributed by atoms with Crippen LogP contribution in [0.1, 0.15) is 46.0 Å². The quantitative estimate of drug-likeness (QED) is 0.408. The zero-order valence-corrected chi connectivity index (χ0v) is 10.1. The number of carbonyl (C=O) groups excluding carboxylic acids is 1. The number of hydrogen-bond acceptors (Lipinski definition) is 1. The minimum absolute atomic E-state index is 0.0546. The summed E-state index contributed by atoms with van der Waals surface area (Å²) in [6, 6.07) is 0. The van der Waals surface area contributed by atoms with Gasteiger partial charge in [-0.2, -0.15) is 4.79 Å². The van der Waals surface area contributed by atoms with Crippen molar-refractivity contribution in [2.45, 2.75) is 46.0 Å². The van der Waals surface area contributed by atoms with Crippen LogP contribution in [0.2, 0.25) is 0 Å². The molecule has 88 valence electrons. The summed E-state index contributed by atoms with van der Waals surface area (Å²) in [6.07, 6.45) is 6.60. The molecule has 0 unspecified atom stereocenters. The second kappa shape index (κ2) is 4.14. The van der Waals surface area contributed by atoms with Crippen molar-refractivity contribution in [1.29, 1.82) is 0 Å². The van der Waals surface area contributed by atoms with Crippen LogP contribution in [0.3, 0.4) is 0 Å². The van der Waals surface area contributed by atoms with Gasteiger partial charge in [0, 0.05) is 6.42 Å². The minimum Gasteiger partial charge on any atom is -0.361 e. The third kappa shape index (κ3) is 1.84. The fourth-order valence-electron chi connectivity index (χ4n) is 4.00. The van der Waals surface area contributed by atoms with Crippen molar-refractivity contribution in [2.24, 2.45) is 23.2 Å². The topological polar surface area (TPSA) is 53.5 Å². The van der Waals surface area contributed by atoms with E-state index in [2.05, 4.69) is 18.6 Å². The van der Waals surface area contributed by atoms with Crippen LogP contribution in [0, 0.1) is 23.2 Å². The van der Waals surface area contributed by atoms with E-state index in [1.54, 1.807) is 0 Å². The molecule has 0 aromatic rings. The van der Waals surface area contributed by atoms with E-state index in [9.17, 15) is 4.79 Å². The molecule has 2 bridgehead atoms. The molecule has 0 amide bonds. The molecule has 3 heteroatoms.